The van der Waals surface area contributed by atoms with Crippen molar-refractivity contribution in [3.05, 3.63) is 39.1 Å². The van der Waals surface area contributed by atoms with Crippen molar-refractivity contribution in [3.63, 3.8) is 0 Å². The number of imidazole rings is 1. The van der Waals surface area contributed by atoms with Gasteiger partial charge in [0, 0.05) is 24.9 Å². The maximum atomic E-state index is 13.8. The first-order valence-corrected chi connectivity index (χ1v) is 7.71. The predicted molar refractivity (Wildman–Crippen MR) is 84.4 cm³/mol. The van der Waals surface area contributed by atoms with Crippen LogP contribution in [0.4, 0.5) is 4.39 Å². The Kier molecular flexibility index (Phi) is 2.77. The molecule has 2 aromatic heterocycles. The van der Waals surface area contributed by atoms with Gasteiger partial charge >= 0.3 is 5.69 Å². The van der Waals surface area contributed by atoms with Gasteiger partial charge in [0.2, 0.25) is 0 Å². The fraction of sp³-hybridized carbons (Fsp3) is 0.333. The number of benzene rings is 1. The van der Waals surface area contributed by atoms with Gasteiger partial charge in [-0.1, -0.05) is 0 Å². The summed E-state index contributed by atoms with van der Waals surface area (Å²) >= 11 is 3.21. The van der Waals surface area contributed by atoms with E-state index in [9.17, 15) is 9.18 Å². The average Bonchev–Trinajstić information content (AvgIpc) is 2.71. The third-order valence-electron chi connectivity index (χ3n) is 4.38. The number of halogens is 2. The lowest BCUT2D eigenvalue weighted by Gasteiger charge is -2.39. The molecule has 3 aromatic rings. The van der Waals surface area contributed by atoms with Crippen LogP contribution in [0.5, 0.6) is 0 Å². The number of ether oxygens (including phenoxy) is 1. The molecule has 1 aliphatic heterocycles. The third-order valence-corrected chi connectivity index (χ3v) is 4.99. The summed E-state index contributed by atoms with van der Waals surface area (Å²) in [6.45, 7) is 2.52. The molecule has 1 atom stereocenters. The first-order chi connectivity index (χ1) is 10.4. The molecular weight excluding hydrogens is 353 g/mol. The topological polar surface area (TPSA) is 49.0 Å². The van der Waals surface area contributed by atoms with Crippen molar-refractivity contribution in [2.75, 3.05) is 6.61 Å². The Bertz CT molecular complexity index is 988. The molecule has 5 nitrogen and oxygen atoms in total. The fourth-order valence-electron chi connectivity index (χ4n) is 3.00. The van der Waals surface area contributed by atoms with Crippen molar-refractivity contribution in [1.82, 2.24) is 14.1 Å². The molecule has 0 amide bonds. The van der Waals surface area contributed by atoms with Gasteiger partial charge in [0.25, 0.3) is 0 Å². The van der Waals surface area contributed by atoms with E-state index in [1.807, 2.05) is 6.92 Å². The minimum absolute atomic E-state index is 0.160. The maximum absolute atomic E-state index is 13.8. The van der Waals surface area contributed by atoms with E-state index in [1.54, 1.807) is 28.4 Å². The molecule has 3 heterocycles. The van der Waals surface area contributed by atoms with Gasteiger partial charge in [-0.3, -0.25) is 14.1 Å². The summed E-state index contributed by atoms with van der Waals surface area (Å²) in [6.07, 6.45) is 2.36. The van der Waals surface area contributed by atoms with Crippen molar-refractivity contribution in [3.8, 4) is 0 Å². The summed E-state index contributed by atoms with van der Waals surface area (Å²) in [5, 5.41) is 0.722. The van der Waals surface area contributed by atoms with Crippen LogP contribution in [0.25, 0.3) is 21.9 Å². The highest BCUT2D eigenvalue weighted by atomic mass is 79.9. The molecule has 7 heteroatoms. The normalized spacial score (nSPS) is 21.5. The van der Waals surface area contributed by atoms with Gasteiger partial charge in [-0.15, -0.1) is 0 Å². The summed E-state index contributed by atoms with van der Waals surface area (Å²) in [4.78, 5) is 16.9. The van der Waals surface area contributed by atoms with E-state index >= 15 is 0 Å². The number of pyridine rings is 1. The highest BCUT2D eigenvalue weighted by molar-refractivity contribution is 9.10. The van der Waals surface area contributed by atoms with Gasteiger partial charge in [-0.05, 0) is 28.9 Å². The lowest BCUT2D eigenvalue weighted by molar-refractivity contribution is -0.190. The number of aryl methyl sites for hydroxylation is 1. The second kappa shape index (κ2) is 4.39. The summed E-state index contributed by atoms with van der Waals surface area (Å²) in [7, 11) is 1.70. The minimum Gasteiger partial charge on any atom is -0.355 e. The molecular formula is C15H13BrFN3O2. The molecule has 1 fully saturated rings. The van der Waals surface area contributed by atoms with Crippen molar-refractivity contribution in [1.29, 1.82) is 0 Å². The Hall–Kier alpha value is -1.73. The molecule has 0 saturated carbocycles. The van der Waals surface area contributed by atoms with E-state index in [1.165, 1.54) is 6.07 Å². The van der Waals surface area contributed by atoms with Crippen LogP contribution in [-0.2, 0) is 17.5 Å². The number of hydrogen-bond acceptors (Lipinski definition) is 3. The van der Waals surface area contributed by atoms with Gasteiger partial charge in [-0.2, -0.15) is 0 Å². The highest BCUT2D eigenvalue weighted by Crippen LogP contribution is 2.36. The molecule has 22 heavy (non-hydrogen) atoms. The van der Waals surface area contributed by atoms with Crippen LogP contribution in [0.15, 0.2) is 27.6 Å². The van der Waals surface area contributed by atoms with Crippen molar-refractivity contribution in [2.45, 2.75) is 19.1 Å². The van der Waals surface area contributed by atoms with Gasteiger partial charge in [0.1, 0.15) is 11.5 Å². The lowest BCUT2D eigenvalue weighted by atomic mass is 10.1. The lowest BCUT2D eigenvalue weighted by Crippen LogP contribution is -2.48. The van der Waals surface area contributed by atoms with Gasteiger partial charge in [-0.25, -0.2) is 9.18 Å². The molecule has 0 radical (unpaired) electrons. The second-order valence-corrected chi connectivity index (χ2v) is 6.58. The first-order valence-electron chi connectivity index (χ1n) is 6.92. The smallest absolute Gasteiger partial charge is 0.331 e. The number of rotatable bonds is 1. The molecule has 1 aromatic carbocycles. The molecule has 4 rings (SSSR count). The summed E-state index contributed by atoms with van der Waals surface area (Å²) in [5.41, 5.74) is 1.11. The first kappa shape index (κ1) is 13.9. The van der Waals surface area contributed by atoms with Crippen LogP contribution in [0.1, 0.15) is 13.3 Å². The molecule has 1 aliphatic rings. The van der Waals surface area contributed by atoms with Crippen LogP contribution in [0, 0.1) is 5.82 Å². The Morgan fingerprint density at radius 2 is 2.18 bits per heavy atom. The number of fused-ring (bicyclic) bond motifs is 3. The molecule has 0 bridgehead atoms. The number of hydrogen-bond donors (Lipinski definition) is 0. The van der Waals surface area contributed by atoms with Crippen molar-refractivity contribution in [2.24, 2.45) is 7.05 Å². The molecule has 1 unspecified atom stereocenters. The average molecular weight is 366 g/mol. The van der Waals surface area contributed by atoms with E-state index < -0.39 is 5.72 Å². The molecule has 114 valence electrons. The molecule has 0 N–H and O–H groups in total. The Labute approximate surface area is 133 Å². The SMILES string of the molecule is Cn1c(=O)n(C2(C)CCO2)c2c3cc(Br)c(F)cc3ncc21. The minimum atomic E-state index is -0.661. The standard InChI is InChI=1S/C15H13BrFN3O2/c1-15(3-4-22-15)20-13-8-5-9(16)10(17)6-11(8)18-7-12(13)19(2)14(20)21/h5-7H,3-4H2,1-2H3. The third kappa shape index (κ3) is 1.66. The van der Waals surface area contributed by atoms with E-state index in [0.29, 0.717) is 22.1 Å². The summed E-state index contributed by atoms with van der Waals surface area (Å²) in [6, 6.07) is 3.03. The second-order valence-electron chi connectivity index (χ2n) is 5.73. The Morgan fingerprint density at radius 3 is 2.82 bits per heavy atom. The fourth-order valence-corrected chi connectivity index (χ4v) is 3.35. The van der Waals surface area contributed by atoms with Gasteiger partial charge < -0.3 is 4.74 Å². The van der Waals surface area contributed by atoms with E-state index in [-0.39, 0.29) is 11.5 Å². The molecule has 0 aliphatic carbocycles. The highest BCUT2D eigenvalue weighted by Gasteiger charge is 2.39. The van der Waals surface area contributed by atoms with Crippen LogP contribution >= 0.6 is 15.9 Å². The Morgan fingerprint density at radius 1 is 1.45 bits per heavy atom. The zero-order valence-corrected chi connectivity index (χ0v) is 13.6. The summed E-state index contributed by atoms with van der Waals surface area (Å²) in [5.74, 6) is -0.379. The van der Waals surface area contributed by atoms with E-state index in [0.717, 1.165) is 17.3 Å². The van der Waals surface area contributed by atoms with Gasteiger partial charge in [0.15, 0.2) is 0 Å². The molecule has 1 saturated heterocycles. The zero-order valence-electron chi connectivity index (χ0n) is 12.1. The van der Waals surface area contributed by atoms with Crippen LogP contribution in [-0.4, -0.2) is 20.7 Å². The van der Waals surface area contributed by atoms with Crippen LogP contribution in [0.2, 0.25) is 0 Å². The van der Waals surface area contributed by atoms with Crippen molar-refractivity contribution < 1.29 is 9.13 Å². The quantitative estimate of drug-likeness (QED) is 0.666. The zero-order chi connectivity index (χ0) is 15.6. The predicted octanol–water partition coefficient (Wildman–Crippen LogP) is 2.88. The van der Waals surface area contributed by atoms with E-state index in [4.69, 9.17) is 4.74 Å². The number of aromatic nitrogens is 3. The monoisotopic (exact) mass is 365 g/mol. The number of nitrogens with zero attached hydrogens (tertiary/aromatic N) is 3. The van der Waals surface area contributed by atoms with Crippen LogP contribution < -0.4 is 5.69 Å². The Balaban J connectivity index is 2.23. The maximum Gasteiger partial charge on any atom is 0.331 e. The van der Waals surface area contributed by atoms with Crippen molar-refractivity contribution >= 4 is 37.9 Å². The molecule has 0 spiro atoms. The van der Waals surface area contributed by atoms with E-state index in [2.05, 4.69) is 20.9 Å². The van der Waals surface area contributed by atoms with Gasteiger partial charge in [0.05, 0.1) is 33.8 Å². The summed E-state index contributed by atoms with van der Waals surface area (Å²) < 4.78 is 23.0. The van der Waals surface area contributed by atoms with Crippen LogP contribution in [0.3, 0.4) is 0 Å². The largest absolute Gasteiger partial charge is 0.355 e.